The first kappa shape index (κ1) is 16.0. The highest BCUT2D eigenvalue weighted by atomic mass is 79.9. The van der Waals surface area contributed by atoms with E-state index in [-0.39, 0.29) is 4.90 Å². The summed E-state index contributed by atoms with van der Waals surface area (Å²) in [5, 5.41) is 1.27. The van der Waals surface area contributed by atoms with E-state index in [1.54, 1.807) is 12.1 Å². The minimum absolute atomic E-state index is 0.237. The predicted molar refractivity (Wildman–Crippen MR) is 78.9 cm³/mol. The lowest BCUT2D eigenvalue weighted by atomic mass is 9.98. The van der Waals surface area contributed by atoms with E-state index in [4.69, 9.17) is 11.6 Å². The van der Waals surface area contributed by atoms with E-state index in [9.17, 15) is 8.42 Å². The minimum atomic E-state index is -3.50. The second-order valence-corrected chi connectivity index (χ2v) is 7.32. The van der Waals surface area contributed by atoms with Gasteiger partial charge in [-0.1, -0.05) is 34.5 Å². The second kappa shape index (κ2) is 6.37. The van der Waals surface area contributed by atoms with Crippen LogP contribution in [0.1, 0.15) is 26.7 Å². The fourth-order valence-corrected chi connectivity index (χ4v) is 4.01. The van der Waals surface area contributed by atoms with E-state index in [0.29, 0.717) is 5.02 Å². The van der Waals surface area contributed by atoms with Crippen LogP contribution in [0.15, 0.2) is 29.2 Å². The molecule has 0 spiro atoms. The van der Waals surface area contributed by atoms with E-state index < -0.39 is 15.6 Å². The number of rotatable bonds is 6. The predicted octanol–water partition coefficient (Wildman–Crippen LogP) is 3.57. The van der Waals surface area contributed by atoms with E-state index in [1.165, 1.54) is 12.1 Å². The van der Waals surface area contributed by atoms with Crippen LogP contribution in [0.2, 0.25) is 5.02 Å². The summed E-state index contributed by atoms with van der Waals surface area (Å²) < 4.78 is 27.2. The first-order valence-corrected chi connectivity index (χ1v) is 8.67. The molecule has 0 aliphatic rings. The van der Waals surface area contributed by atoms with Gasteiger partial charge in [0.25, 0.3) is 0 Å². The molecule has 1 atom stereocenters. The maximum Gasteiger partial charge on any atom is 0.241 e. The minimum Gasteiger partial charge on any atom is -0.207 e. The van der Waals surface area contributed by atoms with Gasteiger partial charge in [-0.25, -0.2) is 13.1 Å². The zero-order chi connectivity index (χ0) is 13.8. The quantitative estimate of drug-likeness (QED) is 0.794. The molecule has 0 radical (unpaired) electrons. The maximum atomic E-state index is 12.2. The highest BCUT2D eigenvalue weighted by molar-refractivity contribution is 9.09. The normalized spacial score (nSPS) is 15.3. The van der Waals surface area contributed by atoms with Gasteiger partial charge in [-0.3, -0.25) is 0 Å². The third-order valence-electron chi connectivity index (χ3n) is 2.93. The van der Waals surface area contributed by atoms with E-state index in [0.717, 1.165) is 18.2 Å². The van der Waals surface area contributed by atoms with Crippen LogP contribution in [0.3, 0.4) is 0 Å². The van der Waals surface area contributed by atoms with E-state index >= 15 is 0 Å². The summed E-state index contributed by atoms with van der Waals surface area (Å²) in [5.41, 5.74) is -0.442. The summed E-state index contributed by atoms with van der Waals surface area (Å²) >= 11 is 9.10. The Labute approximate surface area is 122 Å². The van der Waals surface area contributed by atoms with Crippen molar-refractivity contribution in [2.45, 2.75) is 37.1 Å². The summed E-state index contributed by atoms with van der Waals surface area (Å²) in [6.07, 6.45) is 1.46. The van der Waals surface area contributed by atoms with Crippen LogP contribution in [-0.4, -0.2) is 19.3 Å². The van der Waals surface area contributed by atoms with E-state index in [2.05, 4.69) is 20.7 Å². The molecular formula is C12H17BrClNO2S. The van der Waals surface area contributed by atoms with Crippen molar-refractivity contribution in [1.29, 1.82) is 0 Å². The first-order valence-electron chi connectivity index (χ1n) is 5.68. The lowest BCUT2D eigenvalue weighted by Gasteiger charge is -2.28. The van der Waals surface area contributed by atoms with Crippen molar-refractivity contribution in [2.24, 2.45) is 0 Å². The fourth-order valence-electron chi connectivity index (χ4n) is 1.51. The second-order valence-electron chi connectivity index (χ2n) is 4.41. The molecule has 1 N–H and O–H groups in total. The molecule has 0 aromatic heterocycles. The Morgan fingerprint density at radius 3 is 2.33 bits per heavy atom. The number of nitrogens with one attached hydrogen (secondary N) is 1. The Hall–Kier alpha value is -0.100. The Morgan fingerprint density at radius 1 is 1.33 bits per heavy atom. The average molecular weight is 355 g/mol. The summed E-state index contributed by atoms with van der Waals surface area (Å²) in [4.78, 5) is 0.237. The van der Waals surface area contributed by atoms with Gasteiger partial charge in [0.15, 0.2) is 0 Å². The summed E-state index contributed by atoms with van der Waals surface area (Å²) in [7, 11) is -3.50. The van der Waals surface area contributed by atoms with E-state index in [1.807, 2.05) is 13.8 Å². The average Bonchev–Trinajstić information content (AvgIpc) is 2.29. The molecular weight excluding hydrogens is 338 g/mol. The summed E-state index contributed by atoms with van der Waals surface area (Å²) in [6, 6.07) is 6.16. The highest BCUT2D eigenvalue weighted by Crippen LogP contribution is 2.21. The monoisotopic (exact) mass is 353 g/mol. The van der Waals surface area contributed by atoms with Crippen LogP contribution >= 0.6 is 27.5 Å². The summed E-state index contributed by atoms with van der Waals surface area (Å²) in [6.45, 7) is 3.87. The lowest BCUT2D eigenvalue weighted by molar-refractivity contribution is 0.392. The van der Waals surface area contributed by atoms with Crippen LogP contribution in [-0.2, 0) is 10.0 Å². The number of benzene rings is 1. The van der Waals surface area contributed by atoms with Crippen LogP contribution in [0.4, 0.5) is 0 Å². The van der Waals surface area contributed by atoms with Gasteiger partial charge in [-0.2, -0.15) is 0 Å². The molecule has 102 valence electrons. The van der Waals surface area contributed by atoms with Crippen molar-refractivity contribution in [3.05, 3.63) is 29.3 Å². The molecule has 0 amide bonds. The topological polar surface area (TPSA) is 46.2 Å². The first-order chi connectivity index (χ1) is 8.33. The maximum absolute atomic E-state index is 12.2. The molecule has 0 aliphatic carbocycles. The van der Waals surface area contributed by atoms with Gasteiger partial charge in [-0.15, -0.1) is 0 Å². The Morgan fingerprint density at radius 2 is 1.89 bits per heavy atom. The molecule has 1 aromatic carbocycles. The fraction of sp³-hybridized carbons (Fsp3) is 0.500. The SMILES string of the molecule is CCC(C)(CCBr)NS(=O)(=O)c1ccc(Cl)cc1. The van der Waals surface area contributed by atoms with Crippen molar-refractivity contribution in [2.75, 3.05) is 5.33 Å². The zero-order valence-corrected chi connectivity index (χ0v) is 13.6. The zero-order valence-electron chi connectivity index (χ0n) is 10.4. The molecule has 0 aliphatic heterocycles. The molecule has 1 unspecified atom stereocenters. The number of halogens is 2. The van der Waals surface area contributed by atoms with Gasteiger partial charge >= 0.3 is 0 Å². The van der Waals surface area contributed by atoms with Crippen LogP contribution in [0, 0.1) is 0 Å². The molecule has 1 aromatic rings. The summed E-state index contributed by atoms with van der Waals surface area (Å²) in [5.74, 6) is 0. The van der Waals surface area contributed by atoms with Gasteiger partial charge < -0.3 is 0 Å². The third kappa shape index (κ3) is 4.23. The Bertz CT molecular complexity index is 489. The van der Waals surface area contributed by atoms with Gasteiger partial charge in [0.2, 0.25) is 10.0 Å². The van der Waals surface area contributed by atoms with Crippen molar-refractivity contribution in [1.82, 2.24) is 4.72 Å². The molecule has 6 heteroatoms. The Balaban J connectivity index is 2.97. The van der Waals surface area contributed by atoms with Gasteiger partial charge in [0, 0.05) is 15.9 Å². The molecule has 0 fully saturated rings. The standard InChI is InChI=1S/C12H17BrClNO2S/c1-3-12(2,8-9-13)15-18(16,17)11-6-4-10(14)5-7-11/h4-7,15H,3,8-9H2,1-2H3. The number of hydrogen-bond donors (Lipinski definition) is 1. The molecule has 1 rings (SSSR count). The molecule has 18 heavy (non-hydrogen) atoms. The van der Waals surface area contributed by atoms with Crippen molar-refractivity contribution >= 4 is 37.6 Å². The van der Waals surface area contributed by atoms with Gasteiger partial charge in [-0.05, 0) is 44.0 Å². The van der Waals surface area contributed by atoms with Crippen molar-refractivity contribution in [3.8, 4) is 0 Å². The largest absolute Gasteiger partial charge is 0.241 e. The lowest BCUT2D eigenvalue weighted by Crippen LogP contribution is -2.45. The van der Waals surface area contributed by atoms with Crippen molar-refractivity contribution < 1.29 is 8.42 Å². The number of hydrogen-bond acceptors (Lipinski definition) is 2. The number of sulfonamides is 1. The van der Waals surface area contributed by atoms with Gasteiger partial charge in [0.1, 0.15) is 0 Å². The Kier molecular flexibility index (Phi) is 5.65. The smallest absolute Gasteiger partial charge is 0.207 e. The molecule has 0 saturated heterocycles. The molecule has 0 bridgehead atoms. The molecule has 0 heterocycles. The van der Waals surface area contributed by atoms with Crippen LogP contribution in [0.25, 0.3) is 0 Å². The molecule has 3 nitrogen and oxygen atoms in total. The van der Waals surface area contributed by atoms with Gasteiger partial charge in [0.05, 0.1) is 4.90 Å². The third-order valence-corrected chi connectivity index (χ3v) is 5.23. The number of alkyl halides is 1. The van der Waals surface area contributed by atoms with Crippen LogP contribution < -0.4 is 4.72 Å². The molecule has 0 saturated carbocycles. The van der Waals surface area contributed by atoms with Crippen molar-refractivity contribution in [3.63, 3.8) is 0 Å². The van der Waals surface area contributed by atoms with Crippen LogP contribution in [0.5, 0.6) is 0 Å². The highest BCUT2D eigenvalue weighted by Gasteiger charge is 2.28.